The lowest BCUT2D eigenvalue weighted by atomic mass is 10.00. The fourth-order valence-electron chi connectivity index (χ4n) is 3.67. The highest BCUT2D eigenvalue weighted by molar-refractivity contribution is 5.77. The first-order valence-corrected chi connectivity index (χ1v) is 10.2. The maximum Gasteiger partial charge on any atom is 0.275 e. The fraction of sp³-hybridized carbons (Fsp3) is 0.500. The van der Waals surface area contributed by atoms with Crippen LogP contribution in [-0.4, -0.2) is 48.6 Å². The van der Waals surface area contributed by atoms with Crippen molar-refractivity contribution in [2.24, 2.45) is 5.92 Å². The van der Waals surface area contributed by atoms with E-state index in [-0.39, 0.29) is 11.9 Å². The van der Waals surface area contributed by atoms with Crippen molar-refractivity contribution in [3.63, 3.8) is 0 Å². The lowest BCUT2D eigenvalue weighted by Crippen LogP contribution is -3.16. The van der Waals surface area contributed by atoms with Crippen molar-refractivity contribution in [1.29, 1.82) is 0 Å². The minimum atomic E-state index is 0.0269. The molecule has 0 bridgehead atoms. The normalized spacial score (nSPS) is 16.2. The first-order valence-electron chi connectivity index (χ1n) is 10.2. The molecule has 150 valence electrons. The summed E-state index contributed by atoms with van der Waals surface area (Å²) in [6, 6.07) is 10.5. The summed E-state index contributed by atoms with van der Waals surface area (Å²) in [5.41, 5.74) is 2.50. The minimum absolute atomic E-state index is 0.0269. The number of amides is 1. The van der Waals surface area contributed by atoms with Gasteiger partial charge >= 0.3 is 0 Å². The zero-order valence-corrected chi connectivity index (χ0v) is 17.2. The van der Waals surface area contributed by atoms with Crippen molar-refractivity contribution >= 4 is 11.9 Å². The second-order valence-corrected chi connectivity index (χ2v) is 8.09. The molecule has 1 aromatic carbocycles. The highest BCUT2D eigenvalue weighted by atomic mass is 16.2. The van der Waals surface area contributed by atoms with E-state index in [4.69, 9.17) is 0 Å². The molecule has 6 nitrogen and oxygen atoms in total. The number of aromatic nitrogens is 2. The molecule has 2 aromatic rings. The van der Waals surface area contributed by atoms with Gasteiger partial charge in [0.2, 0.25) is 5.95 Å². The van der Waals surface area contributed by atoms with Crippen molar-refractivity contribution in [1.82, 2.24) is 15.3 Å². The first kappa shape index (κ1) is 20.3. The molecule has 1 fully saturated rings. The second kappa shape index (κ2) is 9.64. The molecule has 1 aromatic heterocycles. The number of quaternary nitrogens is 1. The van der Waals surface area contributed by atoms with Gasteiger partial charge in [0, 0.05) is 12.4 Å². The highest BCUT2D eigenvalue weighted by Gasteiger charge is 2.24. The Morgan fingerprint density at radius 3 is 2.36 bits per heavy atom. The van der Waals surface area contributed by atoms with E-state index in [0.29, 0.717) is 12.5 Å². The van der Waals surface area contributed by atoms with Crippen LogP contribution in [0.1, 0.15) is 37.9 Å². The maximum absolute atomic E-state index is 12.5. The number of piperazine rings is 1. The molecule has 1 aliphatic heterocycles. The van der Waals surface area contributed by atoms with Gasteiger partial charge in [0.15, 0.2) is 6.54 Å². The van der Waals surface area contributed by atoms with E-state index in [9.17, 15) is 4.79 Å². The van der Waals surface area contributed by atoms with Crippen LogP contribution < -0.4 is 15.1 Å². The van der Waals surface area contributed by atoms with Gasteiger partial charge in [-0.1, -0.05) is 38.1 Å². The molecular formula is C22H32N5O+. The number of carbonyl (C=O) groups excluding carboxylic acids is 1. The summed E-state index contributed by atoms with van der Waals surface area (Å²) in [6.45, 7) is 10.6. The number of hydrogen-bond donors (Lipinski definition) is 2. The van der Waals surface area contributed by atoms with Crippen LogP contribution in [0.25, 0.3) is 0 Å². The Balaban J connectivity index is 1.44. The fourth-order valence-corrected chi connectivity index (χ4v) is 3.67. The Kier molecular flexibility index (Phi) is 6.98. The lowest BCUT2D eigenvalue weighted by molar-refractivity contribution is -0.892. The van der Waals surface area contributed by atoms with Crippen LogP contribution in [0.5, 0.6) is 0 Å². The molecule has 1 amide bonds. The van der Waals surface area contributed by atoms with Crippen molar-refractivity contribution in [3.8, 4) is 0 Å². The van der Waals surface area contributed by atoms with Gasteiger partial charge in [-0.25, -0.2) is 9.97 Å². The number of hydrogen-bond acceptors (Lipinski definition) is 4. The van der Waals surface area contributed by atoms with E-state index >= 15 is 0 Å². The SMILES string of the molecule is CC(C)Cc1ccc([C@@H](C)NC(=O)C[NH+]2CCN(c3ncccn3)CC2)cc1. The van der Waals surface area contributed by atoms with Crippen LogP contribution in [-0.2, 0) is 11.2 Å². The summed E-state index contributed by atoms with van der Waals surface area (Å²) in [7, 11) is 0. The lowest BCUT2D eigenvalue weighted by Gasteiger charge is -2.31. The number of carbonyl (C=O) groups is 1. The van der Waals surface area contributed by atoms with E-state index in [1.807, 2.05) is 6.07 Å². The van der Waals surface area contributed by atoms with E-state index in [1.54, 1.807) is 12.4 Å². The molecule has 0 spiro atoms. The Morgan fingerprint density at radius 2 is 1.75 bits per heavy atom. The number of nitrogens with zero attached hydrogens (tertiary/aromatic N) is 3. The molecule has 0 unspecified atom stereocenters. The molecule has 0 aliphatic carbocycles. The number of anilines is 1. The van der Waals surface area contributed by atoms with Crippen molar-refractivity contribution < 1.29 is 9.69 Å². The summed E-state index contributed by atoms with van der Waals surface area (Å²) < 4.78 is 0. The molecule has 28 heavy (non-hydrogen) atoms. The summed E-state index contributed by atoms with van der Waals surface area (Å²) >= 11 is 0. The average Bonchev–Trinajstić information content (AvgIpc) is 2.69. The smallest absolute Gasteiger partial charge is 0.275 e. The molecule has 1 atom stereocenters. The Morgan fingerprint density at radius 1 is 1.11 bits per heavy atom. The van der Waals surface area contributed by atoms with Gasteiger partial charge in [-0.2, -0.15) is 0 Å². The quantitative estimate of drug-likeness (QED) is 0.757. The van der Waals surface area contributed by atoms with Gasteiger partial charge in [-0.3, -0.25) is 4.79 Å². The van der Waals surface area contributed by atoms with Crippen molar-refractivity contribution in [3.05, 3.63) is 53.9 Å². The second-order valence-electron chi connectivity index (χ2n) is 8.09. The van der Waals surface area contributed by atoms with Crippen molar-refractivity contribution in [2.75, 3.05) is 37.6 Å². The van der Waals surface area contributed by atoms with Gasteiger partial charge in [-0.15, -0.1) is 0 Å². The molecular weight excluding hydrogens is 350 g/mol. The highest BCUT2D eigenvalue weighted by Crippen LogP contribution is 2.15. The van der Waals surface area contributed by atoms with Gasteiger partial charge in [0.1, 0.15) is 0 Å². The Hall–Kier alpha value is -2.47. The van der Waals surface area contributed by atoms with E-state index in [2.05, 4.69) is 65.2 Å². The predicted molar refractivity (Wildman–Crippen MR) is 111 cm³/mol. The summed E-state index contributed by atoms with van der Waals surface area (Å²) in [5.74, 6) is 1.54. The minimum Gasteiger partial charge on any atom is -0.345 e. The van der Waals surface area contributed by atoms with Crippen LogP contribution in [0.4, 0.5) is 5.95 Å². The molecule has 6 heteroatoms. The van der Waals surface area contributed by atoms with Crippen LogP contribution in [0, 0.1) is 5.92 Å². The Labute approximate surface area is 168 Å². The largest absolute Gasteiger partial charge is 0.345 e. The van der Waals surface area contributed by atoms with Crippen LogP contribution in [0.2, 0.25) is 0 Å². The number of rotatable bonds is 7. The predicted octanol–water partition coefficient (Wildman–Crippen LogP) is 1.26. The topological polar surface area (TPSA) is 62.6 Å². The zero-order valence-electron chi connectivity index (χ0n) is 17.2. The third kappa shape index (κ3) is 5.76. The molecule has 2 heterocycles. The number of benzene rings is 1. The van der Waals surface area contributed by atoms with Gasteiger partial charge < -0.3 is 15.1 Å². The standard InChI is InChI=1S/C22H31N5O/c1-17(2)15-19-5-7-20(8-6-19)18(3)25-21(28)16-26-11-13-27(14-12-26)22-23-9-4-10-24-22/h4-10,17-18H,11-16H2,1-3H3,(H,25,28)/p+1/t18-/m1/s1. The van der Waals surface area contributed by atoms with Gasteiger partial charge in [0.05, 0.1) is 32.2 Å². The first-order chi connectivity index (χ1) is 13.5. The third-order valence-electron chi connectivity index (χ3n) is 5.22. The van der Waals surface area contributed by atoms with Crippen LogP contribution in [0.3, 0.4) is 0 Å². The summed E-state index contributed by atoms with van der Waals surface area (Å²) in [6.07, 6.45) is 4.63. The summed E-state index contributed by atoms with van der Waals surface area (Å²) in [5, 5.41) is 3.15. The van der Waals surface area contributed by atoms with E-state index < -0.39 is 0 Å². The average molecular weight is 383 g/mol. The third-order valence-corrected chi connectivity index (χ3v) is 5.22. The summed E-state index contributed by atoms with van der Waals surface area (Å²) in [4.78, 5) is 24.6. The zero-order chi connectivity index (χ0) is 19.9. The Bertz CT molecular complexity index is 739. The van der Waals surface area contributed by atoms with Gasteiger partial charge in [0.25, 0.3) is 5.91 Å². The molecule has 1 saturated heterocycles. The molecule has 1 aliphatic rings. The van der Waals surface area contributed by atoms with Crippen molar-refractivity contribution in [2.45, 2.75) is 33.2 Å². The van der Waals surface area contributed by atoms with Gasteiger partial charge in [-0.05, 0) is 36.5 Å². The molecule has 0 radical (unpaired) electrons. The van der Waals surface area contributed by atoms with Crippen LogP contribution >= 0.6 is 0 Å². The van der Waals surface area contributed by atoms with E-state index in [0.717, 1.165) is 44.1 Å². The van der Waals surface area contributed by atoms with Crippen LogP contribution in [0.15, 0.2) is 42.7 Å². The molecule has 2 N–H and O–H groups in total. The number of nitrogens with one attached hydrogen (secondary N) is 2. The molecule has 0 saturated carbocycles. The molecule has 3 rings (SSSR count). The maximum atomic E-state index is 12.5. The monoisotopic (exact) mass is 382 g/mol. The van der Waals surface area contributed by atoms with E-state index in [1.165, 1.54) is 10.5 Å².